The summed E-state index contributed by atoms with van der Waals surface area (Å²) in [6, 6.07) is 0. The second kappa shape index (κ2) is 9.46. The first-order chi connectivity index (χ1) is 11.0. The lowest BCUT2D eigenvalue weighted by Gasteiger charge is -2.36. The molecule has 2 N–H and O–H groups in total. The van der Waals surface area contributed by atoms with Crippen LogP contribution in [-0.2, 0) is 11.8 Å². The quantitative estimate of drug-likeness (QED) is 0.762. The third-order valence-electron chi connectivity index (χ3n) is 5.33. The van der Waals surface area contributed by atoms with E-state index < -0.39 is 0 Å². The molecule has 2 fully saturated rings. The number of thioether (sulfide) groups is 1. The smallest absolute Gasteiger partial charge is 0.225 e. The van der Waals surface area contributed by atoms with Crippen molar-refractivity contribution in [3.8, 4) is 0 Å². The number of aryl methyl sites for hydroxylation is 1. The minimum atomic E-state index is -0.00697. The zero-order valence-electron chi connectivity index (χ0n) is 15.0. The molecule has 0 aromatic carbocycles. The first-order valence-electron chi connectivity index (χ1n) is 8.24. The predicted molar refractivity (Wildman–Crippen MR) is 108 cm³/mol. The van der Waals surface area contributed by atoms with Crippen molar-refractivity contribution in [2.24, 2.45) is 13.0 Å². The van der Waals surface area contributed by atoms with Gasteiger partial charge in [0, 0.05) is 50.1 Å². The van der Waals surface area contributed by atoms with Crippen LogP contribution in [0, 0.1) is 5.92 Å². The van der Waals surface area contributed by atoms with Gasteiger partial charge in [0.1, 0.15) is 0 Å². The molecular weight excluding hydrogens is 381 g/mol. The molecule has 0 radical (unpaired) electrons. The predicted octanol–water partition coefficient (Wildman–Crippen LogP) is 1.12. The lowest BCUT2D eigenvalue weighted by atomic mass is 9.89. The third kappa shape index (κ3) is 4.83. The van der Waals surface area contributed by atoms with Crippen molar-refractivity contribution in [2.75, 3.05) is 45.2 Å². The van der Waals surface area contributed by atoms with Crippen LogP contribution in [0.1, 0.15) is 17.9 Å². The number of rotatable bonds is 5. The van der Waals surface area contributed by atoms with Crippen LogP contribution >= 0.6 is 36.6 Å². The number of likely N-dealkylation sites (N-methyl/N-ethyl adjacent to an activating group) is 1. The van der Waals surface area contributed by atoms with Gasteiger partial charge < -0.3 is 15.5 Å². The number of carbonyl (C=O) groups is 1. The second-order valence-corrected chi connectivity index (χ2v) is 8.06. The van der Waals surface area contributed by atoms with Crippen molar-refractivity contribution < 1.29 is 4.79 Å². The van der Waals surface area contributed by atoms with E-state index in [1.54, 1.807) is 4.68 Å². The third-order valence-corrected chi connectivity index (χ3v) is 6.56. The Balaban J connectivity index is 0.00000156. The zero-order valence-corrected chi connectivity index (χ0v) is 17.5. The van der Waals surface area contributed by atoms with Crippen LogP contribution in [0.15, 0.2) is 12.4 Å². The molecule has 144 valence electrons. The summed E-state index contributed by atoms with van der Waals surface area (Å²) < 4.78 is 1.80. The van der Waals surface area contributed by atoms with Gasteiger partial charge in [0.05, 0.1) is 12.1 Å². The van der Waals surface area contributed by atoms with Crippen LogP contribution in [0.3, 0.4) is 0 Å². The van der Waals surface area contributed by atoms with Gasteiger partial charge in [-0.15, -0.1) is 24.8 Å². The SMILES string of the molecule is CN(C)C1(CNC(=O)[C@H]2CNC[C@@H]2c2cnn(C)c2)CCSC1.Cl.Cl. The molecule has 3 heterocycles. The van der Waals surface area contributed by atoms with E-state index in [1.807, 2.05) is 31.2 Å². The number of amides is 1. The first kappa shape index (κ1) is 22.6. The van der Waals surface area contributed by atoms with Crippen LogP contribution < -0.4 is 10.6 Å². The van der Waals surface area contributed by atoms with E-state index in [9.17, 15) is 4.79 Å². The highest BCUT2D eigenvalue weighted by Crippen LogP contribution is 2.32. The Hall–Kier alpha value is -0.470. The van der Waals surface area contributed by atoms with Crippen LogP contribution in [0.25, 0.3) is 0 Å². The molecule has 0 spiro atoms. The van der Waals surface area contributed by atoms with Gasteiger partial charge >= 0.3 is 0 Å². The van der Waals surface area contributed by atoms with E-state index in [-0.39, 0.29) is 48.1 Å². The van der Waals surface area contributed by atoms with Crippen molar-refractivity contribution in [3.63, 3.8) is 0 Å². The molecule has 6 nitrogen and oxygen atoms in total. The van der Waals surface area contributed by atoms with E-state index >= 15 is 0 Å². The Bertz CT molecular complexity index is 562. The average molecular weight is 410 g/mol. The van der Waals surface area contributed by atoms with Gasteiger partial charge in [-0.3, -0.25) is 9.48 Å². The van der Waals surface area contributed by atoms with Crippen LogP contribution in [-0.4, -0.2) is 71.4 Å². The summed E-state index contributed by atoms with van der Waals surface area (Å²) in [5, 5.41) is 10.8. The maximum Gasteiger partial charge on any atom is 0.225 e. The number of hydrogen-bond acceptors (Lipinski definition) is 5. The Morgan fingerprint density at radius 3 is 2.80 bits per heavy atom. The van der Waals surface area contributed by atoms with Crippen molar-refractivity contribution in [3.05, 3.63) is 18.0 Å². The number of hydrogen-bond donors (Lipinski definition) is 2. The molecule has 1 aromatic heterocycles. The highest BCUT2D eigenvalue weighted by molar-refractivity contribution is 7.99. The highest BCUT2D eigenvalue weighted by atomic mass is 35.5. The fraction of sp³-hybridized carbons (Fsp3) is 0.750. The molecule has 1 aromatic rings. The van der Waals surface area contributed by atoms with Gasteiger partial charge in [-0.25, -0.2) is 0 Å². The maximum absolute atomic E-state index is 12.8. The minimum absolute atomic E-state index is 0. The van der Waals surface area contributed by atoms with E-state index in [1.165, 1.54) is 5.75 Å². The number of aromatic nitrogens is 2. The molecule has 0 aliphatic carbocycles. The molecule has 0 saturated carbocycles. The Labute approximate surface area is 166 Å². The molecule has 1 amide bonds. The van der Waals surface area contributed by atoms with E-state index in [4.69, 9.17) is 0 Å². The molecule has 9 heteroatoms. The van der Waals surface area contributed by atoms with Crippen molar-refractivity contribution in [2.45, 2.75) is 17.9 Å². The topological polar surface area (TPSA) is 62.2 Å². The molecular formula is C16H29Cl2N5OS. The summed E-state index contributed by atoms with van der Waals surface area (Å²) >= 11 is 1.98. The van der Waals surface area contributed by atoms with Crippen LogP contribution in [0.4, 0.5) is 0 Å². The lowest BCUT2D eigenvalue weighted by molar-refractivity contribution is -0.125. The minimum Gasteiger partial charge on any atom is -0.354 e. The summed E-state index contributed by atoms with van der Waals surface area (Å²) in [5.41, 5.74) is 1.26. The van der Waals surface area contributed by atoms with Crippen molar-refractivity contribution in [1.82, 2.24) is 25.3 Å². The molecule has 25 heavy (non-hydrogen) atoms. The first-order valence-corrected chi connectivity index (χ1v) is 9.39. The summed E-state index contributed by atoms with van der Waals surface area (Å²) in [4.78, 5) is 15.0. The maximum atomic E-state index is 12.8. The molecule has 1 unspecified atom stereocenters. The molecule has 3 atom stereocenters. The number of carbonyl (C=O) groups excluding carboxylic acids is 1. The molecule has 2 aliphatic heterocycles. The van der Waals surface area contributed by atoms with Crippen molar-refractivity contribution >= 4 is 42.5 Å². The summed E-state index contributed by atoms with van der Waals surface area (Å²) in [5.74, 6) is 2.65. The van der Waals surface area contributed by atoms with Gasteiger partial charge in [0.2, 0.25) is 5.91 Å². The van der Waals surface area contributed by atoms with Crippen LogP contribution in [0.2, 0.25) is 0 Å². The fourth-order valence-corrected chi connectivity index (χ4v) is 5.12. The summed E-state index contributed by atoms with van der Waals surface area (Å²) in [6.07, 6.45) is 5.04. The number of nitrogens with one attached hydrogen (secondary N) is 2. The second-order valence-electron chi connectivity index (χ2n) is 6.96. The van der Waals surface area contributed by atoms with Gasteiger partial charge in [0.15, 0.2) is 0 Å². The van der Waals surface area contributed by atoms with Gasteiger partial charge in [0.25, 0.3) is 0 Å². The van der Waals surface area contributed by atoms with Gasteiger partial charge in [-0.1, -0.05) is 0 Å². The normalized spacial score (nSPS) is 28.5. The molecule has 3 rings (SSSR count). The number of halogens is 2. The average Bonchev–Trinajstić information content (AvgIpc) is 3.24. The van der Waals surface area contributed by atoms with Crippen LogP contribution in [0.5, 0.6) is 0 Å². The standard InChI is InChI=1S/C16H27N5OS.2ClH/c1-20(2)16(4-5-23-11-16)10-18-15(22)14-8-17-7-13(14)12-6-19-21(3)9-12;;/h6,9,13-14,17H,4-5,7-8,10-11H2,1-3H3,(H,18,22);2*1H/t13-,14+,16?;;/m1../s1. The molecule has 2 aliphatic rings. The van der Waals surface area contributed by atoms with E-state index in [2.05, 4.69) is 34.7 Å². The van der Waals surface area contributed by atoms with Gasteiger partial charge in [-0.2, -0.15) is 16.9 Å². The largest absolute Gasteiger partial charge is 0.354 e. The highest BCUT2D eigenvalue weighted by Gasteiger charge is 2.39. The molecule has 2 saturated heterocycles. The Morgan fingerprint density at radius 2 is 2.24 bits per heavy atom. The Kier molecular flexibility index (Phi) is 8.54. The summed E-state index contributed by atoms with van der Waals surface area (Å²) in [7, 11) is 6.15. The van der Waals surface area contributed by atoms with E-state index in [0.717, 1.165) is 37.4 Å². The fourth-order valence-electron chi connectivity index (χ4n) is 3.57. The Morgan fingerprint density at radius 1 is 1.48 bits per heavy atom. The van der Waals surface area contributed by atoms with Gasteiger partial charge in [-0.05, 0) is 31.8 Å². The van der Waals surface area contributed by atoms with E-state index in [0.29, 0.717) is 0 Å². The number of nitrogens with zero attached hydrogens (tertiary/aromatic N) is 3. The van der Waals surface area contributed by atoms with Crippen molar-refractivity contribution in [1.29, 1.82) is 0 Å². The molecule has 0 bridgehead atoms. The zero-order chi connectivity index (χ0) is 16.4. The monoisotopic (exact) mass is 409 g/mol. The lowest BCUT2D eigenvalue weighted by Crippen LogP contribution is -2.54. The summed E-state index contributed by atoms with van der Waals surface area (Å²) in [6.45, 7) is 2.33.